The summed E-state index contributed by atoms with van der Waals surface area (Å²) in [7, 11) is 0. The highest BCUT2D eigenvalue weighted by Crippen LogP contribution is 2.20. The van der Waals surface area contributed by atoms with E-state index in [2.05, 4.69) is 10.3 Å². The van der Waals surface area contributed by atoms with Crippen molar-refractivity contribution < 1.29 is 19.5 Å². The van der Waals surface area contributed by atoms with Crippen molar-refractivity contribution in [3.05, 3.63) is 28.5 Å². The molecular formula is C13H14ClN3O4. The van der Waals surface area contributed by atoms with Crippen LogP contribution in [0.15, 0.2) is 12.3 Å². The van der Waals surface area contributed by atoms with Gasteiger partial charge in [-0.1, -0.05) is 11.6 Å². The Balaban J connectivity index is 2.30. The summed E-state index contributed by atoms with van der Waals surface area (Å²) in [5, 5.41) is 11.7. The van der Waals surface area contributed by atoms with Crippen molar-refractivity contribution in [2.45, 2.75) is 19.4 Å². The van der Waals surface area contributed by atoms with Crippen molar-refractivity contribution in [3.63, 3.8) is 0 Å². The molecule has 8 heteroatoms. The fraction of sp³-hybridized carbons (Fsp3) is 0.385. The van der Waals surface area contributed by atoms with Gasteiger partial charge in [0.2, 0.25) is 5.91 Å². The molecule has 2 amide bonds. The van der Waals surface area contributed by atoms with E-state index in [-0.39, 0.29) is 23.7 Å². The van der Waals surface area contributed by atoms with Gasteiger partial charge in [-0.15, -0.1) is 0 Å². The van der Waals surface area contributed by atoms with Crippen LogP contribution in [-0.4, -0.2) is 51.9 Å². The van der Waals surface area contributed by atoms with Gasteiger partial charge in [-0.3, -0.25) is 19.4 Å². The van der Waals surface area contributed by atoms with Crippen LogP contribution in [0.5, 0.6) is 0 Å². The maximum absolute atomic E-state index is 12.5. The summed E-state index contributed by atoms with van der Waals surface area (Å²) >= 11 is 6.03. The van der Waals surface area contributed by atoms with E-state index in [4.69, 9.17) is 16.7 Å². The van der Waals surface area contributed by atoms with Gasteiger partial charge in [0.25, 0.3) is 5.91 Å². The molecule has 0 saturated carbocycles. The molecular weight excluding hydrogens is 298 g/mol. The Morgan fingerprint density at radius 3 is 2.90 bits per heavy atom. The first kappa shape index (κ1) is 15.2. The highest BCUT2D eigenvalue weighted by Gasteiger charge is 2.35. The number of hydrogen-bond donors (Lipinski definition) is 2. The SMILES string of the molecule is Cc1cc(Cl)c(C(=O)N2CCNC(=O)C2CC(=O)O)cn1. The van der Waals surface area contributed by atoms with E-state index in [1.807, 2.05) is 0 Å². The first-order valence-corrected chi connectivity index (χ1v) is 6.70. The van der Waals surface area contributed by atoms with Crippen molar-refractivity contribution in [3.8, 4) is 0 Å². The maximum atomic E-state index is 12.5. The lowest BCUT2D eigenvalue weighted by Gasteiger charge is -2.34. The van der Waals surface area contributed by atoms with Crippen LogP contribution >= 0.6 is 11.6 Å². The summed E-state index contributed by atoms with van der Waals surface area (Å²) in [6.45, 7) is 2.24. The molecule has 21 heavy (non-hydrogen) atoms. The van der Waals surface area contributed by atoms with Crippen LogP contribution in [0.1, 0.15) is 22.5 Å². The number of aryl methyl sites for hydroxylation is 1. The summed E-state index contributed by atoms with van der Waals surface area (Å²) < 4.78 is 0. The summed E-state index contributed by atoms with van der Waals surface area (Å²) in [6.07, 6.45) is 0.888. The zero-order valence-corrected chi connectivity index (χ0v) is 12.1. The summed E-state index contributed by atoms with van der Waals surface area (Å²) in [5.41, 5.74) is 0.822. The summed E-state index contributed by atoms with van der Waals surface area (Å²) in [5.74, 6) is -2.12. The highest BCUT2D eigenvalue weighted by atomic mass is 35.5. The molecule has 1 saturated heterocycles. The molecule has 1 atom stereocenters. The Kier molecular flexibility index (Phi) is 4.42. The normalized spacial score (nSPS) is 18.3. The van der Waals surface area contributed by atoms with E-state index in [1.165, 1.54) is 11.1 Å². The fourth-order valence-electron chi connectivity index (χ4n) is 2.16. The second-order valence-corrected chi connectivity index (χ2v) is 5.12. The first-order valence-electron chi connectivity index (χ1n) is 6.32. The van der Waals surface area contributed by atoms with Gasteiger partial charge in [0.15, 0.2) is 0 Å². The zero-order chi connectivity index (χ0) is 15.6. The molecule has 0 bridgehead atoms. The largest absolute Gasteiger partial charge is 0.481 e. The molecule has 2 rings (SSSR count). The maximum Gasteiger partial charge on any atom is 0.305 e. The molecule has 1 fully saturated rings. The lowest BCUT2D eigenvalue weighted by molar-refractivity contribution is -0.142. The van der Waals surface area contributed by atoms with E-state index in [0.29, 0.717) is 5.69 Å². The Bertz CT molecular complexity index is 605. The van der Waals surface area contributed by atoms with Crippen molar-refractivity contribution in [1.82, 2.24) is 15.2 Å². The molecule has 2 N–H and O–H groups in total. The standard InChI is InChI=1S/C13H14ClN3O4/c1-7-4-9(14)8(6-16-7)13(21)17-3-2-15-12(20)10(17)5-11(18)19/h4,6,10H,2-3,5H2,1H3,(H,15,20)(H,18,19). The topological polar surface area (TPSA) is 99.6 Å². The van der Waals surface area contributed by atoms with Gasteiger partial charge in [-0.05, 0) is 13.0 Å². The van der Waals surface area contributed by atoms with Crippen LogP contribution < -0.4 is 5.32 Å². The van der Waals surface area contributed by atoms with Gasteiger partial charge in [0, 0.05) is 25.0 Å². The molecule has 0 aliphatic carbocycles. The average molecular weight is 312 g/mol. The number of halogens is 1. The minimum atomic E-state index is -1.15. The van der Waals surface area contributed by atoms with Gasteiger partial charge in [0.05, 0.1) is 17.0 Å². The second kappa shape index (κ2) is 6.09. The van der Waals surface area contributed by atoms with Gasteiger partial charge >= 0.3 is 5.97 Å². The Morgan fingerprint density at radius 2 is 2.29 bits per heavy atom. The van der Waals surface area contributed by atoms with Crippen LogP contribution in [0.2, 0.25) is 5.02 Å². The number of amides is 2. The molecule has 2 heterocycles. The van der Waals surface area contributed by atoms with Crippen molar-refractivity contribution in [1.29, 1.82) is 0 Å². The Hall–Kier alpha value is -2.15. The third-order valence-electron chi connectivity index (χ3n) is 3.18. The van der Waals surface area contributed by atoms with Crippen molar-refractivity contribution >= 4 is 29.4 Å². The van der Waals surface area contributed by atoms with Gasteiger partial charge in [-0.2, -0.15) is 0 Å². The number of hydrogen-bond acceptors (Lipinski definition) is 4. The fourth-order valence-corrected chi connectivity index (χ4v) is 2.45. The number of carboxylic acids is 1. The molecule has 0 radical (unpaired) electrons. The highest BCUT2D eigenvalue weighted by molar-refractivity contribution is 6.33. The molecule has 112 valence electrons. The molecule has 0 aromatic carbocycles. The summed E-state index contributed by atoms with van der Waals surface area (Å²) in [4.78, 5) is 40.4. The molecule has 0 spiro atoms. The second-order valence-electron chi connectivity index (χ2n) is 4.71. The lowest BCUT2D eigenvalue weighted by Crippen LogP contribution is -2.57. The van der Waals surface area contributed by atoms with Crippen LogP contribution in [0.3, 0.4) is 0 Å². The number of nitrogens with one attached hydrogen (secondary N) is 1. The predicted molar refractivity (Wildman–Crippen MR) is 74.1 cm³/mol. The smallest absolute Gasteiger partial charge is 0.305 e. The Morgan fingerprint density at radius 1 is 1.57 bits per heavy atom. The minimum Gasteiger partial charge on any atom is -0.481 e. The number of rotatable bonds is 3. The van der Waals surface area contributed by atoms with Gasteiger partial charge in [0.1, 0.15) is 6.04 Å². The number of carbonyl (C=O) groups is 3. The molecule has 1 aliphatic rings. The van der Waals surface area contributed by atoms with Gasteiger partial charge in [-0.25, -0.2) is 0 Å². The molecule has 1 aromatic heterocycles. The Labute approximate surface area is 125 Å². The minimum absolute atomic E-state index is 0.160. The number of aromatic nitrogens is 1. The van der Waals surface area contributed by atoms with E-state index in [0.717, 1.165) is 0 Å². The monoisotopic (exact) mass is 311 g/mol. The average Bonchev–Trinajstić information content (AvgIpc) is 2.40. The lowest BCUT2D eigenvalue weighted by atomic mass is 10.1. The predicted octanol–water partition coefficient (Wildman–Crippen LogP) is 0.459. The van der Waals surface area contributed by atoms with E-state index < -0.39 is 30.2 Å². The number of piperazine rings is 1. The van der Waals surface area contributed by atoms with Crippen LogP contribution in [0, 0.1) is 6.92 Å². The number of carboxylic acid groups (broad SMARTS) is 1. The molecule has 7 nitrogen and oxygen atoms in total. The van der Waals surface area contributed by atoms with Crippen molar-refractivity contribution in [2.24, 2.45) is 0 Å². The number of pyridine rings is 1. The van der Waals surface area contributed by atoms with E-state index >= 15 is 0 Å². The molecule has 1 aromatic rings. The molecule has 1 unspecified atom stereocenters. The third kappa shape index (κ3) is 3.30. The van der Waals surface area contributed by atoms with Gasteiger partial charge < -0.3 is 15.3 Å². The van der Waals surface area contributed by atoms with E-state index in [1.54, 1.807) is 13.0 Å². The molecule has 1 aliphatic heterocycles. The third-order valence-corrected chi connectivity index (χ3v) is 3.49. The first-order chi connectivity index (χ1) is 9.90. The zero-order valence-electron chi connectivity index (χ0n) is 11.3. The quantitative estimate of drug-likeness (QED) is 0.844. The number of nitrogens with zero attached hydrogens (tertiary/aromatic N) is 2. The van der Waals surface area contributed by atoms with Crippen LogP contribution in [-0.2, 0) is 9.59 Å². The number of carbonyl (C=O) groups excluding carboxylic acids is 2. The van der Waals surface area contributed by atoms with E-state index in [9.17, 15) is 14.4 Å². The summed E-state index contributed by atoms with van der Waals surface area (Å²) in [6, 6.07) is 0.506. The van der Waals surface area contributed by atoms with Crippen LogP contribution in [0.4, 0.5) is 0 Å². The van der Waals surface area contributed by atoms with Crippen molar-refractivity contribution in [2.75, 3.05) is 13.1 Å². The van der Waals surface area contributed by atoms with Crippen LogP contribution in [0.25, 0.3) is 0 Å². The number of aliphatic carboxylic acids is 1.